The molecule has 2 rings (SSSR count). The van der Waals surface area contributed by atoms with Crippen molar-refractivity contribution in [3.63, 3.8) is 0 Å². The maximum absolute atomic E-state index is 5.33. The van der Waals surface area contributed by atoms with E-state index in [9.17, 15) is 0 Å². The number of likely N-dealkylation sites (tertiary alicyclic amines) is 1. The molecular weight excluding hydrogens is 224 g/mol. The van der Waals surface area contributed by atoms with Gasteiger partial charge in [0.05, 0.1) is 6.26 Å². The second-order valence-electron chi connectivity index (χ2n) is 5.40. The van der Waals surface area contributed by atoms with Gasteiger partial charge < -0.3 is 14.6 Å². The molecule has 1 aromatic rings. The third-order valence-corrected chi connectivity index (χ3v) is 3.65. The summed E-state index contributed by atoms with van der Waals surface area (Å²) in [6.45, 7) is 7.15. The number of nitrogens with zero attached hydrogens (tertiary/aromatic N) is 1. The highest BCUT2D eigenvalue weighted by atomic mass is 16.3. The summed E-state index contributed by atoms with van der Waals surface area (Å²) < 4.78 is 5.33. The fourth-order valence-corrected chi connectivity index (χ4v) is 2.66. The van der Waals surface area contributed by atoms with Gasteiger partial charge in [0.2, 0.25) is 0 Å². The van der Waals surface area contributed by atoms with Crippen LogP contribution in [0.3, 0.4) is 0 Å². The monoisotopic (exact) mass is 250 g/mol. The number of piperidine rings is 1. The van der Waals surface area contributed by atoms with Crippen LogP contribution < -0.4 is 5.32 Å². The first-order valence-corrected chi connectivity index (χ1v) is 7.33. The summed E-state index contributed by atoms with van der Waals surface area (Å²) in [6.07, 6.45) is 8.12. The van der Waals surface area contributed by atoms with E-state index in [1.807, 2.05) is 6.07 Å². The fraction of sp³-hybridized carbons (Fsp3) is 0.733. The van der Waals surface area contributed by atoms with E-state index >= 15 is 0 Å². The van der Waals surface area contributed by atoms with Gasteiger partial charge in [-0.1, -0.05) is 6.42 Å². The van der Waals surface area contributed by atoms with E-state index in [1.54, 1.807) is 6.26 Å². The van der Waals surface area contributed by atoms with Crippen molar-refractivity contribution in [3.05, 3.63) is 24.2 Å². The zero-order valence-corrected chi connectivity index (χ0v) is 11.5. The zero-order valence-electron chi connectivity index (χ0n) is 11.5. The number of hydrogen-bond acceptors (Lipinski definition) is 3. The molecule has 0 radical (unpaired) electrons. The maximum Gasteiger partial charge on any atom is 0.103 e. The van der Waals surface area contributed by atoms with Crippen molar-refractivity contribution in [3.8, 4) is 0 Å². The molecule has 2 heterocycles. The van der Waals surface area contributed by atoms with Crippen LogP contribution in [-0.2, 0) is 6.42 Å². The molecule has 1 N–H and O–H groups in total. The van der Waals surface area contributed by atoms with E-state index in [0.29, 0.717) is 6.04 Å². The van der Waals surface area contributed by atoms with Crippen LogP contribution in [0.2, 0.25) is 0 Å². The minimum absolute atomic E-state index is 0.597. The predicted molar refractivity (Wildman–Crippen MR) is 74.8 cm³/mol. The van der Waals surface area contributed by atoms with Crippen molar-refractivity contribution < 1.29 is 4.42 Å². The standard InChI is InChI=1S/C15H26N2O/c1-14(13-17-10-3-2-4-11-17)16-9-5-7-15-8-6-12-18-15/h6,8,12,14,16H,2-5,7,9-11,13H2,1H3. The van der Waals surface area contributed by atoms with Crippen LogP contribution in [0.25, 0.3) is 0 Å². The van der Waals surface area contributed by atoms with Gasteiger partial charge in [0.15, 0.2) is 0 Å². The average molecular weight is 250 g/mol. The summed E-state index contributed by atoms with van der Waals surface area (Å²) in [5, 5.41) is 3.61. The summed E-state index contributed by atoms with van der Waals surface area (Å²) >= 11 is 0. The maximum atomic E-state index is 5.33. The number of hydrogen-bond donors (Lipinski definition) is 1. The number of aryl methyl sites for hydroxylation is 1. The van der Waals surface area contributed by atoms with Crippen molar-refractivity contribution in [2.75, 3.05) is 26.2 Å². The van der Waals surface area contributed by atoms with Gasteiger partial charge in [0.25, 0.3) is 0 Å². The average Bonchev–Trinajstić information content (AvgIpc) is 2.89. The van der Waals surface area contributed by atoms with Gasteiger partial charge in [-0.25, -0.2) is 0 Å². The Labute approximate surface area is 111 Å². The highest BCUT2D eigenvalue weighted by Gasteiger charge is 2.12. The summed E-state index contributed by atoms with van der Waals surface area (Å²) in [6, 6.07) is 4.61. The molecule has 3 heteroatoms. The topological polar surface area (TPSA) is 28.4 Å². The molecule has 0 aliphatic carbocycles. The van der Waals surface area contributed by atoms with Crippen LogP contribution in [-0.4, -0.2) is 37.1 Å². The van der Waals surface area contributed by atoms with Gasteiger partial charge in [-0.05, 0) is 58.0 Å². The third kappa shape index (κ3) is 4.83. The van der Waals surface area contributed by atoms with E-state index in [-0.39, 0.29) is 0 Å². The van der Waals surface area contributed by atoms with Gasteiger partial charge >= 0.3 is 0 Å². The Morgan fingerprint density at radius 3 is 2.89 bits per heavy atom. The highest BCUT2D eigenvalue weighted by Crippen LogP contribution is 2.08. The van der Waals surface area contributed by atoms with E-state index in [1.165, 1.54) is 38.9 Å². The van der Waals surface area contributed by atoms with Crippen LogP contribution in [0.4, 0.5) is 0 Å². The first kappa shape index (κ1) is 13.6. The van der Waals surface area contributed by atoms with Crippen LogP contribution >= 0.6 is 0 Å². The molecule has 0 spiro atoms. The third-order valence-electron chi connectivity index (χ3n) is 3.65. The Morgan fingerprint density at radius 1 is 1.33 bits per heavy atom. The van der Waals surface area contributed by atoms with Crippen LogP contribution in [0.1, 0.15) is 38.4 Å². The molecule has 3 nitrogen and oxygen atoms in total. The second-order valence-corrected chi connectivity index (χ2v) is 5.40. The lowest BCUT2D eigenvalue weighted by Crippen LogP contribution is -2.41. The first-order chi connectivity index (χ1) is 8.84. The van der Waals surface area contributed by atoms with Crippen molar-refractivity contribution >= 4 is 0 Å². The molecule has 1 unspecified atom stereocenters. The summed E-state index contributed by atoms with van der Waals surface area (Å²) in [7, 11) is 0. The Bertz CT molecular complexity index is 304. The molecule has 1 atom stereocenters. The fourth-order valence-electron chi connectivity index (χ4n) is 2.66. The van der Waals surface area contributed by atoms with Crippen molar-refractivity contribution in [2.24, 2.45) is 0 Å². The van der Waals surface area contributed by atoms with E-state index in [2.05, 4.69) is 23.2 Å². The van der Waals surface area contributed by atoms with Crippen LogP contribution in [0.5, 0.6) is 0 Å². The van der Waals surface area contributed by atoms with E-state index in [4.69, 9.17) is 4.42 Å². The Morgan fingerprint density at radius 2 is 2.17 bits per heavy atom. The minimum Gasteiger partial charge on any atom is -0.469 e. The van der Waals surface area contributed by atoms with Gasteiger partial charge in [-0.15, -0.1) is 0 Å². The van der Waals surface area contributed by atoms with Gasteiger partial charge in [-0.3, -0.25) is 0 Å². The molecule has 1 fully saturated rings. The Balaban J connectivity index is 1.52. The summed E-state index contributed by atoms with van der Waals surface area (Å²) in [5.41, 5.74) is 0. The number of nitrogens with one attached hydrogen (secondary N) is 1. The minimum atomic E-state index is 0.597. The summed E-state index contributed by atoms with van der Waals surface area (Å²) in [5.74, 6) is 1.10. The molecular formula is C15H26N2O. The van der Waals surface area contributed by atoms with Crippen LogP contribution in [0.15, 0.2) is 22.8 Å². The highest BCUT2D eigenvalue weighted by molar-refractivity contribution is 4.97. The predicted octanol–water partition coefficient (Wildman–Crippen LogP) is 2.68. The van der Waals surface area contributed by atoms with Crippen molar-refractivity contribution in [2.45, 2.75) is 45.1 Å². The molecule has 1 aromatic heterocycles. The molecule has 102 valence electrons. The first-order valence-electron chi connectivity index (χ1n) is 7.33. The van der Waals surface area contributed by atoms with E-state index in [0.717, 1.165) is 25.1 Å². The van der Waals surface area contributed by atoms with Crippen LogP contribution in [0, 0.1) is 0 Å². The zero-order chi connectivity index (χ0) is 12.6. The van der Waals surface area contributed by atoms with Crippen molar-refractivity contribution in [1.82, 2.24) is 10.2 Å². The Hall–Kier alpha value is -0.800. The molecule has 0 saturated carbocycles. The lowest BCUT2D eigenvalue weighted by molar-refractivity contribution is 0.209. The van der Waals surface area contributed by atoms with Gasteiger partial charge in [0.1, 0.15) is 5.76 Å². The smallest absolute Gasteiger partial charge is 0.103 e. The lowest BCUT2D eigenvalue weighted by atomic mass is 10.1. The molecule has 0 aromatic carbocycles. The van der Waals surface area contributed by atoms with Gasteiger partial charge in [-0.2, -0.15) is 0 Å². The number of rotatable bonds is 7. The molecule has 1 saturated heterocycles. The number of furan rings is 1. The molecule has 0 amide bonds. The summed E-state index contributed by atoms with van der Waals surface area (Å²) in [4.78, 5) is 2.59. The SMILES string of the molecule is CC(CN1CCCCC1)NCCCc1ccco1. The van der Waals surface area contributed by atoms with Gasteiger partial charge in [0, 0.05) is 19.0 Å². The molecule has 18 heavy (non-hydrogen) atoms. The lowest BCUT2D eigenvalue weighted by Gasteiger charge is -2.29. The van der Waals surface area contributed by atoms with E-state index < -0.39 is 0 Å². The Kier molecular flexibility index (Phi) is 5.75. The quantitative estimate of drug-likeness (QED) is 0.754. The largest absolute Gasteiger partial charge is 0.469 e. The van der Waals surface area contributed by atoms with Crippen molar-refractivity contribution in [1.29, 1.82) is 0 Å². The normalized spacial score (nSPS) is 18.9. The second kappa shape index (κ2) is 7.59. The molecule has 1 aliphatic rings. The molecule has 0 bridgehead atoms. The molecule has 1 aliphatic heterocycles.